The van der Waals surface area contributed by atoms with E-state index in [1.54, 1.807) is 27.7 Å². The highest BCUT2D eigenvalue weighted by Crippen LogP contribution is 2.19. The van der Waals surface area contributed by atoms with Gasteiger partial charge in [0, 0.05) is 22.6 Å². The van der Waals surface area contributed by atoms with Crippen LogP contribution in [0.25, 0.3) is 0 Å². The third-order valence-electron chi connectivity index (χ3n) is 2.91. The molecular weight excluding hydrogens is 260 g/mol. The Morgan fingerprint density at radius 3 is 2.40 bits per heavy atom. The molecule has 6 nitrogen and oxygen atoms in total. The van der Waals surface area contributed by atoms with Crippen LogP contribution in [0.4, 0.5) is 5.69 Å². The van der Waals surface area contributed by atoms with E-state index in [-0.39, 0.29) is 23.6 Å². The van der Waals surface area contributed by atoms with Gasteiger partial charge in [-0.15, -0.1) is 0 Å². The SMILES string of the molecule is Cc1ccc(C(=O)NCC(=O)C(C)(C)C)cc1[N+](=O)[O-]. The smallest absolute Gasteiger partial charge is 0.273 e. The van der Waals surface area contributed by atoms with Crippen LogP contribution in [0.2, 0.25) is 0 Å². The third kappa shape index (κ3) is 3.88. The molecule has 1 amide bonds. The maximum Gasteiger partial charge on any atom is 0.273 e. The third-order valence-corrected chi connectivity index (χ3v) is 2.91. The van der Waals surface area contributed by atoms with Gasteiger partial charge in [-0.1, -0.05) is 26.8 Å². The Morgan fingerprint density at radius 2 is 1.90 bits per heavy atom. The average molecular weight is 278 g/mol. The second-order valence-electron chi connectivity index (χ2n) is 5.61. The molecule has 0 atom stereocenters. The molecule has 20 heavy (non-hydrogen) atoms. The summed E-state index contributed by atoms with van der Waals surface area (Å²) in [7, 11) is 0. The normalized spacial score (nSPS) is 11.0. The number of nitrogens with one attached hydrogen (secondary N) is 1. The van der Waals surface area contributed by atoms with Gasteiger partial charge in [-0.3, -0.25) is 19.7 Å². The second kappa shape index (κ2) is 5.81. The highest BCUT2D eigenvalue weighted by atomic mass is 16.6. The predicted molar refractivity (Wildman–Crippen MR) is 74.6 cm³/mol. The van der Waals surface area contributed by atoms with Crippen molar-refractivity contribution in [3.63, 3.8) is 0 Å². The van der Waals surface area contributed by atoms with Gasteiger partial charge >= 0.3 is 0 Å². The van der Waals surface area contributed by atoms with Gasteiger partial charge in [-0.05, 0) is 13.0 Å². The standard InChI is InChI=1S/C14H18N2O4/c1-9-5-6-10(7-11(9)16(19)20)13(18)15-8-12(17)14(2,3)4/h5-7H,8H2,1-4H3,(H,15,18). The van der Waals surface area contributed by atoms with Crippen molar-refractivity contribution in [2.24, 2.45) is 5.41 Å². The van der Waals surface area contributed by atoms with Gasteiger partial charge in [-0.2, -0.15) is 0 Å². The molecular formula is C14H18N2O4. The number of benzene rings is 1. The molecule has 1 aromatic carbocycles. The first-order chi connectivity index (χ1) is 9.12. The lowest BCUT2D eigenvalue weighted by molar-refractivity contribution is -0.385. The lowest BCUT2D eigenvalue weighted by atomic mass is 9.91. The van der Waals surface area contributed by atoms with E-state index >= 15 is 0 Å². The molecule has 1 aromatic rings. The summed E-state index contributed by atoms with van der Waals surface area (Å²) in [4.78, 5) is 33.9. The minimum Gasteiger partial charge on any atom is -0.345 e. The summed E-state index contributed by atoms with van der Waals surface area (Å²) in [5.74, 6) is -0.599. The van der Waals surface area contributed by atoms with Crippen molar-refractivity contribution in [1.82, 2.24) is 5.32 Å². The van der Waals surface area contributed by atoms with Gasteiger partial charge in [0.1, 0.15) is 0 Å². The van der Waals surface area contributed by atoms with Gasteiger partial charge in [0.15, 0.2) is 5.78 Å². The summed E-state index contributed by atoms with van der Waals surface area (Å²) in [6.45, 7) is 6.79. The predicted octanol–water partition coefficient (Wildman–Crippen LogP) is 2.25. The number of carbonyl (C=O) groups is 2. The van der Waals surface area contributed by atoms with Crippen LogP contribution >= 0.6 is 0 Å². The van der Waals surface area contributed by atoms with E-state index in [9.17, 15) is 19.7 Å². The molecule has 0 aliphatic carbocycles. The Kier molecular flexibility index (Phi) is 4.60. The zero-order valence-electron chi connectivity index (χ0n) is 12.0. The Labute approximate surface area is 117 Å². The number of nitro groups is 1. The summed E-state index contributed by atoms with van der Waals surface area (Å²) in [5.41, 5.74) is 0.00754. The number of carbonyl (C=O) groups excluding carboxylic acids is 2. The first-order valence-electron chi connectivity index (χ1n) is 6.19. The maximum atomic E-state index is 11.9. The molecule has 0 saturated carbocycles. The number of Topliss-reactive ketones (excluding diaryl/α,β-unsaturated/α-hetero) is 1. The summed E-state index contributed by atoms with van der Waals surface area (Å²) >= 11 is 0. The number of ketones is 1. The van der Waals surface area contributed by atoms with E-state index in [1.165, 1.54) is 18.2 Å². The first kappa shape index (κ1) is 15.8. The highest BCUT2D eigenvalue weighted by Gasteiger charge is 2.22. The Hall–Kier alpha value is -2.24. The summed E-state index contributed by atoms with van der Waals surface area (Å²) in [6.07, 6.45) is 0. The van der Waals surface area contributed by atoms with Crippen LogP contribution in [0.1, 0.15) is 36.7 Å². The van der Waals surface area contributed by atoms with Crippen LogP contribution < -0.4 is 5.32 Å². The summed E-state index contributed by atoms with van der Waals surface area (Å²) < 4.78 is 0. The fourth-order valence-corrected chi connectivity index (χ4v) is 1.48. The van der Waals surface area contributed by atoms with Crippen molar-refractivity contribution in [1.29, 1.82) is 0 Å². The van der Waals surface area contributed by atoms with E-state index in [4.69, 9.17) is 0 Å². The molecule has 0 aromatic heterocycles. The van der Waals surface area contributed by atoms with Crippen LogP contribution in [0.3, 0.4) is 0 Å². The monoisotopic (exact) mass is 278 g/mol. The van der Waals surface area contributed by atoms with Gasteiger partial charge in [-0.25, -0.2) is 0 Å². The van der Waals surface area contributed by atoms with Gasteiger partial charge in [0.2, 0.25) is 0 Å². The lowest BCUT2D eigenvalue weighted by Gasteiger charge is -2.16. The van der Waals surface area contributed by atoms with Crippen molar-refractivity contribution >= 4 is 17.4 Å². The number of aryl methyl sites for hydroxylation is 1. The zero-order chi connectivity index (χ0) is 15.5. The van der Waals surface area contributed by atoms with Crippen LogP contribution in [-0.2, 0) is 4.79 Å². The molecule has 0 heterocycles. The first-order valence-corrected chi connectivity index (χ1v) is 6.19. The molecule has 6 heteroatoms. The number of amides is 1. The Morgan fingerprint density at radius 1 is 1.30 bits per heavy atom. The Bertz CT molecular complexity index is 559. The van der Waals surface area contributed by atoms with Gasteiger partial charge < -0.3 is 5.32 Å². The molecule has 0 aliphatic rings. The minimum atomic E-state index is -0.535. The fourth-order valence-electron chi connectivity index (χ4n) is 1.48. The quantitative estimate of drug-likeness (QED) is 0.675. The van der Waals surface area contributed by atoms with E-state index in [0.717, 1.165) is 0 Å². The lowest BCUT2D eigenvalue weighted by Crippen LogP contribution is -2.35. The highest BCUT2D eigenvalue weighted by molar-refractivity contribution is 5.98. The Balaban J connectivity index is 2.81. The molecule has 0 spiro atoms. The van der Waals surface area contributed by atoms with E-state index in [1.807, 2.05) is 0 Å². The van der Waals surface area contributed by atoms with Crippen LogP contribution in [0.15, 0.2) is 18.2 Å². The second-order valence-corrected chi connectivity index (χ2v) is 5.61. The number of rotatable bonds is 4. The number of hydrogen-bond donors (Lipinski definition) is 1. The van der Waals surface area contributed by atoms with Gasteiger partial charge in [0.05, 0.1) is 11.5 Å². The summed E-state index contributed by atoms with van der Waals surface area (Å²) in [5, 5.41) is 13.3. The molecule has 0 bridgehead atoms. The van der Waals surface area contributed by atoms with E-state index < -0.39 is 16.2 Å². The minimum absolute atomic E-state index is 0.0932. The van der Waals surface area contributed by atoms with Gasteiger partial charge in [0.25, 0.3) is 11.6 Å². The molecule has 0 fully saturated rings. The van der Waals surface area contributed by atoms with Crippen molar-refractivity contribution in [2.45, 2.75) is 27.7 Å². The van der Waals surface area contributed by atoms with Crippen LogP contribution in [-0.4, -0.2) is 23.2 Å². The molecule has 0 saturated heterocycles. The molecule has 1 N–H and O–H groups in total. The van der Waals surface area contributed by atoms with Crippen molar-refractivity contribution in [2.75, 3.05) is 6.54 Å². The molecule has 0 aliphatic heterocycles. The maximum absolute atomic E-state index is 11.9. The van der Waals surface area contributed by atoms with Crippen LogP contribution in [0.5, 0.6) is 0 Å². The molecule has 1 rings (SSSR count). The summed E-state index contributed by atoms with van der Waals surface area (Å²) in [6, 6.07) is 4.23. The topological polar surface area (TPSA) is 89.3 Å². The zero-order valence-corrected chi connectivity index (χ0v) is 12.0. The van der Waals surface area contributed by atoms with E-state index in [0.29, 0.717) is 5.56 Å². The van der Waals surface area contributed by atoms with Crippen molar-refractivity contribution in [3.8, 4) is 0 Å². The molecule has 108 valence electrons. The number of nitrogens with zero attached hydrogens (tertiary/aromatic N) is 1. The number of hydrogen-bond acceptors (Lipinski definition) is 4. The average Bonchev–Trinajstić information content (AvgIpc) is 2.34. The van der Waals surface area contributed by atoms with Crippen molar-refractivity contribution in [3.05, 3.63) is 39.4 Å². The molecule has 0 unspecified atom stereocenters. The van der Waals surface area contributed by atoms with E-state index in [2.05, 4.69) is 5.32 Å². The molecule has 0 radical (unpaired) electrons. The van der Waals surface area contributed by atoms with Crippen molar-refractivity contribution < 1.29 is 14.5 Å². The number of nitro benzene ring substituents is 1. The largest absolute Gasteiger partial charge is 0.345 e. The fraction of sp³-hybridized carbons (Fsp3) is 0.429. The van der Waals surface area contributed by atoms with Crippen LogP contribution in [0, 0.1) is 22.5 Å².